The minimum absolute atomic E-state index is 0.104. The molecule has 0 spiro atoms. The van der Waals surface area contributed by atoms with Gasteiger partial charge >= 0.3 is 39.5 Å². The second-order valence-electron chi connectivity index (χ2n) is 26.9. The van der Waals surface area contributed by atoms with E-state index in [-0.39, 0.29) is 25.7 Å². The third kappa shape index (κ3) is 63.2. The fourth-order valence-electron chi connectivity index (χ4n) is 10.5. The van der Waals surface area contributed by atoms with Crippen LogP contribution in [0.1, 0.15) is 344 Å². The minimum Gasteiger partial charge on any atom is -0.462 e. The van der Waals surface area contributed by atoms with Gasteiger partial charge in [-0.2, -0.15) is 0 Å². The molecule has 6 atom stereocenters. The summed E-state index contributed by atoms with van der Waals surface area (Å²) in [5.74, 6) is 0.859. The van der Waals surface area contributed by atoms with Crippen LogP contribution in [0.2, 0.25) is 0 Å². The Morgan fingerprint density at radius 1 is 0.315 bits per heavy atom. The average molecular weight is 1310 g/mol. The van der Waals surface area contributed by atoms with Crippen LogP contribution >= 0.6 is 15.6 Å². The number of unbranched alkanes of at least 4 members (excludes halogenated alkanes) is 32. The maximum absolute atomic E-state index is 13.0. The van der Waals surface area contributed by atoms with E-state index in [2.05, 4.69) is 55.4 Å². The van der Waals surface area contributed by atoms with Crippen LogP contribution < -0.4 is 0 Å². The Labute approximate surface area is 543 Å². The van der Waals surface area contributed by atoms with Crippen molar-refractivity contribution in [3.63, 3.8) is 0 Å². The molecule has 0 saturated carbocycles. The van der Waals surface area contributed by atoms with Gasteiger partial charge in [0, 0.05) is 25.7 Å². The summed E-state index contributed by atoms with van der Waals surface area (Å²) in [7, 11) is -9.90. The molecule has 528 valence electrons. The molecule has 0 aliphatic heterocycles. The minimum atomic E-state index is -4.95. The van der Waals surface area contributed by atoms with Gasteiger partial charge in [-0.3, -0.25) is 37.3 Å². The number of phosphoric ester groups is 2. The van der Waals surface area contributed by atoms with Crippen molar-refractivity contribution in [2.24, 2.45) is 23.7 Å². The monoisotopic (exact) mass is 1310 g/mol. The molecule has 17 nitrogen and oxygen atoms in total. The Kier molecular flexibility index (Phi) is 58.5. The summed E-state index contributed by atoms with van der Waals surface area (Å²) in [6.07, 6.45) is 41.7. The molecule has 0 aromatic heterocycles. The van der Waals surface area contributed by atoms with Crippen LogP contribution in [0.25, 0.3) is 0 Å². The van der Waals surface area contributed by atoms with E-state index in [0.717, 1.165) is 114 Å². The van der Waals surface area contributed by atoms with Crippen molar-refractivity contribution in [3.8, 4) is 0 Å². The first-order valence-electron chi connectivity index (χ1n) is 36.2. The van der Waals surface area contributed by atoms with Crippen LogP contribution in [0.5, 0.6) is 0 Å². The highest BCUT2D eigenvalue weighted by Crippen LogP contribution is 2.45. The molecule has 0 aromatic rings. The number of carbonyl (C=O) groups excluding carboxylic acids is 4. The molecule has 0 amide bonds. The zero-order valence-corrected chi connectivity index (χ0v) is 59.8. The zero-order chi connectivity index (χ0) is 66.1. The lowest BCUT2D eigenvalue weighted by Gasteiger charge is -2.21. The Hall–Kier alpha value is -1.94. The van der Waals surface area contributed by atoms with E-state index >= 15 is 0 Å². The van der Waals surface area contributed by atoms with Gasteiger partial charge in [-0.1, -0.05) is 293 Å². The summed E-state index contributed by atoms with van der Waals surface area (Å²) in [6, 6.07) is 0. The van der Waals surface area contributed by atoms with Crippen LogP contribution in [0.15, 0.2) is 0 Å². The number of aliphatic hydroxyl groups is 1. The van der Waals surface area contributed by atoms with Crippen molar-refractivity contribution in [2.75, 3.05) is 39.6 Å². The fraction of sp³-hybridized carbons (Fsp3) is 0.943. The molecule has 0 radical (unpaired) electrons. The van der Waals surface area contributed by atoms with Crippen molar-refractivity contribution < 1.29 is 80.2 Å². The second-order valence-corrected chi connectivity index (χ2v) is 29.8. The second kappa shape index (κ2) is 59.8. The maximum Gasteiger partial charge on any atom is 0.472 e. The largest absolute Gasteiger partial charge is 0.472 e. The quantitative estimate of drug-likeness (QED) is 0.0222. The van der Waals surface area contributed by atoms with E-state index < -0.39 is 97.5 Å². The number of aliphatic hydroxyl groups excluding tert-OH is 1. The molecule has 0 saturated heterocycles. The Morgan fingerprint density at radius 3 is 0.798 bits per heavy atom. The Balaban J connectivity index is 5.26. The molecule has 89 heavy (non-hydrogen) atoms. The molecule has 0 aliphatic rings. The Bertz CT molecular complexity index is 1770. The van der Waals surface area contributed by atoms with Gasteiger partial charge in [-0.05, 0) is 49.4 Å². The molecule has 19 heteroatoms. The number of phosphoric acid groups is 2. The molecule has 3 N–H and O–H groups in total. The van der Waals surface area contributed by atoms with Gasteiger partial charge in [0.05, 0.1) is 26.4 Å². The fourth-order valence-corrected chi connectivity index (χ4v) is 12.0. The smallest absolute Gasteiger partial charge is 0.462 e. The van der Waals surface area contributed by atoms with E-state index in [9.17, 15) is 43.2 Å². The van der Waals surface area contributed by atoms with E-state index in [4.69, 9.17) is 37.0 Å². The lowest BCUT2D eigenvalue weighted by molar-refractivity contribution is -0.161. The van der Waals surface area contributed by atoms with Gasteiger partial charge in [-0.25, -0.2) is 9.13 Å². The summed E-state index contributed by atoms with van der Waals surface area (Å²) in [5.41, 5.74) is 0. The summed E-state index contributed by atoms with van der Waals surface area (Å²) < 4.78 is 68.3. The van der Waals surface area contributed by atoms with E-state index in [0.29, 0.717) is 31.6 Å². The van der Waals surface area contributed by atoms with Crippen molar-refractivity contribution in [3.05, 3.63) is 0 Å². The van der Waals surface area contributed by atoms with Crippen LogP contribution in [-0.4, -0.2) is 96.7 Å². The summed E-state index contributed by atoms with van der Waals surface area (Å²) in [6.45, 7) is 14.1. The van der Waals surface area contributed by atoms with Crippen molar-refractivity contribution >= 4 is 39.5 Å². The average Bonchev–Trinajstić information content (AvgIpc) is 3.66. The van der Waals surface area contributed by atoms with Crippen LogP contribution in [0, 0.1) is 23.7 Å². The van der Waals surface area contributed by atoms with Crippen molar-refractivity contribution in [1.82, 2.24) is 0 Å². The highest BCUT2D eigenvalue weighted by atomic mass is 31.2. The van der Waals surface area contributed by atoms with Crippen LogP contribution in [-0.2, 0) is 65.4 Å². The van der Waals surface area contributed by atoms with Crippen molar-refractivity contribution in [2.45, 2.75) is 363 Å². The van der Waals surface area contributed by atoms with Crippen LogP contribution in [0.3, 0.4) is 0 Å². The number of hydrogen-bond acceptors (Lipinski definition) is 15. The van der Waals surface area contributed by atoms with Crippen molar-refractivity contribution in [1.29, 1.82) is 0 Å². The van der Waals surface area contributed by atoms with Gasteiger partial charge in [0.2, 0.25) is 0 Å². The van der Waals surface area contributed by atoms with Gasteiger partial charge in [0.25, 0.3) is 0 Å². The third-order valence-corrected chi connectivity index (χ3v) is 18.3. The molecular weight excluding hydrogens is 1170 g/mol. The van der Waals surface area contributed by atoms with Gasteiger partial charge in [0.1, 0.15) is 19.3 Å². The van der Waals surface area contributed by atoms with E-state index in [1.165, 1.54) is 141 Å². The summed E-state index contributed by atoms with van der Waals surface area (Å²) >= 11 is 0. The highest BCUT2D eigenvalue weighted by molar-refractivity contribution is 7.47. The third-order valence-electron chi connectivity index (χ3n) is 16.4. The van der Waals surface area contributed by atoms with Gasteiger partial charge in [-0.15, -0.1) is 0 Å². The molecule has 0 rings (SSSR count). The lowest BCUT2D eigenvalue weighted by atomic mass is 9.99. The first-order valence-corrected chi connectivity index (χ1v) is 39.2. The number of rotatable bonds is 67. The first-order chi connectivity index (χ1) is 42.6. The number of esters is 4. The topological polar surface area (TPSA) is 237 Å². The number of hydrogen-bond donors (Lipinski definition) is 3. The van der Waals surface area contributed by atoms with Crippen LogP contribution in [0.4, 0.5) is 0 Å². The van der Waals surface area contributed by atoms with Gasteiger partial charge in [0.15, 0.2) is 12.2 Å². The molecule has 0 fully saturated rings. The molecule has 0 heterocycles. The first kappa shape index (κ1) is 87.1. The summed E-state index contributed by atoms with van der Waals surface area (Å²) in [4.78, 5) is 72.5. The molecule has 0 aliphatic carbocycles. The Morgan fingerprint density at radius 2 is 0.539 bits per heavy atom. The maximum atomic E-state index is 13.0. The lowest BCUT2D eigenvalue weighted by Crippen LogP contribution is -2.30. The highest BCUT2D eigenvalue weighted by Gasteiger charge is 2.30. The zero-order valence-electron chi connectivity index (χ0n) is 58.1. The van der Waals surface area contributed by atoms with E-state index in [1.54, 1.807) is 0 Å². The SMILES string of the molecule is CCC(C)CCCCCCCCCCCCC(=O)O[C@H](COC(=O)CCCCCCCCCCCCCC(C)C)COP(=O)(O)OC[C@@H](O)COP(=O)(O)OC[C@@H](COC(=O)CCCCCCCCC(C)C)OC(=O)CCCCCCCCCCCC(C)C. The molecular formula is C70H136O17P2. The predicted octanol–water partition coefficient (Wildman–Crippen LogP) is 19.7. The molecule has 0 bridgehead atoms. The molecule has 3 unspecified atom stereocenters. The predicted molar refractivity (Wildman–Crippen MR) is 358 cm³/mol. The molecule has 0 aromatic carbocycles. The standard InChI is InChI=1S/C70H136O17P2/c1-9-63(8)49-41-33-24-18-13-14-20-26-36-44-52-69(74)86-65(56-80-67(72)50-42-34-25-19-12-10-11-16-22-30-38-46-60(2)3)58-84-88(76,77)82-54-64(71)55-83-89(78,79)85-59-66(57-81-68(73)51-43-35-29-28-32-40-48-62(6)7)87-70(75)53-45-37-27-21-15-17-23-31-39-47-61(4)5/h60-66,71H,9-59H2,1-8H3,(H,76,77)(H,78,79)/t63?,64-,65-,66-/m1/s1. The normalized spacial score (nSPS) is 14.6. The summed E-state index contributed by atoms with van der Waals surface area (Å²) in [5, 5.41) is 10.6. The number of ether oxygens (including phenoxy) is 4. The number of carbonyl (C=O) groups is 4. The van der Waals surface area contributed by atoms with Gasteiger partial charge < -0.3 is 33.8 Å². The van der Waals surface area contributed by atoms with E-state index in [1.807, 2.05) is 0 Å².